The molecule has 1 heterocycles. The first-order valence-electron chi connectivity index (χ1n) is 8.69. The van der Waals surface area contributed by atoms with Gasteiger partial charge in [0.05, 0.1) is 11.1 Å². The molecule has 3 amide bonds. The van der Waals surface area contributed by atoms with E-state index in [1.807, 2.05) is 0 Å². The molecule has 0 bridgehead atoms. The van der Waals surface area contributed by atoms with Crippen molar-refractivity contribution < 1.29 is 32.3 Å². The van der Waals surface area contributed by atoms with Crippen molar-refractivity contribution in [3.8, 4) is 5.75 Å². The van der Waals surface area contributed by atoms with Gasteiger partial charge in [-0.1, -0.05) is 12.1 Å². The molecule has 1 saturated heterocycles. The molecule has 0 aliphatic carbocycles. The Bertz CT molecular complexity index is 940. The molecule has 152 valence electrons. The third-order valence-electron chi connectivity index (χ3n) is 4.61. The minimum absolute atomic E-state index is 0.00186. The summed E-state index contributed by atoms with van der Waals surface area (Å²) < 4.78 is 42.9. The summed E-state index contributed by atoms with van der Waals surface area (Å²) in [5.41, 5.74) is -0.975. The molecule has 1 fully saturated rings. The van der Waals surface area contributed by atoms with Crippen molar-refractivity contribution in [2.75, 3.05) is 0 Å². The van der Waals surface area contributed by atoms with Crippen LogP contribution >= 0.6 is 0 Å². The first-order chi connectivity index (χ1) is 13.6. The molecule has 0 unspecified atom stereocenters. The molecule has 1 aliphatic rings. The van der Waals surface area contributed by atoms with E-state index >= 15 is 0 Å². The first kappa shape index (κ1) is 20.4. The number of amides is 3. The average molecular weight is 406 g/mol. The number of esters is 1. The van der Waals surface area contributed by atoms with Crippen LogP contribution in [0.25, 0.3) is 0 Å². The van der Waals surface area contributed by atoms with Crippen LogP contribution in [0.3, 0.4) is 0 Å². The molecule has 0 spiro atoms. The van der Waals surface area contributed by atoms with E-state index in [0.717, 1.165) is 29.8 Å². The lowest BCUT2D eigenvalue weighted by atomic mass is 9.93. The van der Waals surface area contributed by atoms with Crippen molar-refractivity contribution >= 4 is 17.9 Å². The number of urea groups is 1. The van der Waals surface area contributed by atoms with Crippen LogP contribution in [0.4, 0.5) is 18.0 Å². The second kappa shape index (κ2) is 7.57. The molecule has 29 heavy (non-hydrogen) atoms. The highest BCUT2D eigenvalue weighted by molar-refractivity contribution is 6.06. The summed E-state index contributed by atoms with van der Waals surface area (Å²) in [4.78, 5) is 35.1. The number of carbonyl (C=O) groups is 3. The smallest absolute Gasteiger partial charge is 0.416 e. The maximum atomic E-state index is 12.6. The number of ether oxygens (including phenoxy) is 1. The fourth-order valence-corrected chi connectivity index (χ4v) is 2.84. The van der Waals surface area contributed by atoms with Gasteiger partial charge in [0, 0.05) is 0 Å². The van der Waals surface area contributed by atoms with Gasteiger partial charge in [-0.25, -0.2) is 9.59 Å². The lowest BCUT2D eigenvalue weighted by molar-refractivity contribution is -0.137. The zero-order valence-electron chi connectivity index (χ0n) is 15.3. The fourth-order valence-electron chi connectivity index (χ4n) is 2.84. The van der Waals surface area contributed by atoms with Crippen molar-refractivity contribution in [2.45, 2.75) is 31.5 Å². The van der Waals surface area contributed by atoms with Crippen LogP contribution in [0.15, 0.2) is 48.5 Å². The summed E-state index contributed by atoms with van der Waals surface area (Å²) in [7, 11) is 0. The van der Waals surface area contributed by atoms with Gasteiger partial charge in [0.25, 0.3) is 5.91 Å². The summed E-state index contributed by atoms with van der Waals surface area (Å²) in [6.07, 6.45) is -3.59. The zero-order chi connectivity index (χ0) is 21.2. The van der Waals surface area contributed by atoms with Crippen LogP contribution in [0.1, 0.15) is 34.8 Å². The van der Waals surface area contributed by atoms with Crippen LogP contribution in [-0.4, -0.2) is 23.4 Å². The molecular formula is C20H17F3N2O4. The van der Waals surface area contributed by atoms with E-state index < -0.39 is 29.3 Å². The van der Waals surface area contributed by atoms with Gasteiger partial charge in [0.1, 0.15) is 11.3 Å². The molecule has 0 saturated carbocycles. The van der Waals surface area contributed by atoms with E-state index in [-0.39, 0.29) is 17.2 Å². The standard InChI is InChI=1S/C20H17F3N2O4/c1-19(17(27)24-18(28)25-19)11-10-12-2-8-15(9-3-12)29-16(26)13-4-6-14(7-5-13)20(21,22)23/h2-9H,10-11H2,1H3,(H2,24,25,27,28)/t19-/m1/s1. The normalized spacial score (nSPS) is 18.9. The van der Waals surface area contributed by atoms with Crippen LogP contribution < -0.4 is 15.4 Å². The number of benzene rings is 2. The number of hydrogen-bond donors (Lipinski definition) is 2. The van der Waals surface area contributed by atoms with Crippen molar-refractivity contribution in [1.82, 2.24) is 10.6 Å². The lowest BCUT2D eigenvalue weighted by Crippen LogP contribution is -2.43. The quantitative estimate of drug-likeness (QED) is 0.453. The second-order valence-electron chi connectivity index (χ2n) is 6.85. The second-order valence-corrected chi connectivity index (χ2v) is 6.85. The average Bonchev–Trinajstić information content (AvgIpc) is 2.92. The molecule has 2 aromatic carbocycles. The van der Waals surface area contributed by atoms with E-state index in [1.165, 1.54) is 0 Å². The topological polar surface area (TPSA) is 84.5 Å². The maximum Gasteiger partial charge on any atom is 0.416 e. The molecule has 1 aliphatic heterocycles. The summed E-state index contributed by atoms with van der Waals surface area (Å²) in [6.45, 7) is 1.63. The van der Waals surface area contributed by atoms with E-state index in [1.54, 1.807) is 31.2 Å². The summed E-state index contributed by atoms with van der Waals surface area (Å²) in [6, 6.07) is 9.72. The van der Waals surface area contributed by atoms with Gasteiger partial charge in [-0.3, -0.25) is 10.1 Å². The van der Waals surface area contributed by atoms with Crippen LogP contribution in [0.5, 0.6) is 5.75 Å². The van der Waals surface area contributed by atoms with Gasteiger partial charge in [0.15, 0.2) is 0 Å². The Hall–Kier alpha value is -3.36. The molecule has 9 heteroatoms. The number of hydrogen-bond acceptors (Lipinski definition) is 4. The molecule has 3 rings (SSSR count). The predicted octanol–water partition coefficient (Wildman–Crippen LogP) is 3.46. The van der Waals surface area contributed by atoms with Crippen molar-refractivity contribution in [3.05, 3.63) is 65.2 Å². The van der Waals surface area contributed by atoms with Gasteiger partial charge >= 0.3 is 18.2 Å². The Morgan fingerprint density at radius 3 is 2.17 bits per heavy atom. The monoisotopic (exact) mass is 406 g/mol. The predicted molar refractivity (Wildman–Crippen MR) is 96.2 cm³/mol. The Morgan fingerprint density at radius 2 is 1.66 bits per heavy atom. The number of aryl methyl sites for hydroxylation is 1. The van der Waals surface area contributed by atoms with Gasteiger partial charge in [-0.2, -0.15) is 13.2 Å². The molecule has 0 aromatic heterocycles. The molecule has 0 radical (unpaired) electrons. The first-order valence-corrected chi connectivity index (χ1v) is 8.69. The Morgan fingerprint density at radius 1 is 1.03 bits per heavy atom. The zero-order valence-corrected chi connectivity index (χ0v) is 15.3. The van der Waals surface area contributed by atoms with Crippen LogP contribution in [0.2, 0.25) is 0 Å². The van der Waals surface area contributed by atoms with Crippen molar-refractivity contribution in [1.29, 1.82) is 0 Å². The number of carbonyl (C=O) groups excluding carboxylic acids is 3. The van der Waals surface area contributed by atoms with Gasteiger partial charge < -0.3 is 10.1 Å². The Kier molecular flexibility index (Phi) is 5.32. The molecule has 1 atom stereocenters. The lowest BCUT2D eigenvalue weighted by Gasteiger charge is -2.20. The number of imide groups is 1. The molecular weight excluding hydrogens is 389 g/mol. The molecule has 2 aromatic rings. The molecule has 6 nitrogen and oxygen atoms in total. The van der Waals surface area contributed by atoms with Crippen LogP contribution in [-0.2, 0) is 17.4 Å². The summed E-state index contributed by atoms with van der Waals surface area (Å²) >= 11 is 0. The van der Waals surface area contributed by atoms with E-state index in [4.69, 9.17) is 4.74 Å². The van der Waals surface area contributed by atoms with Crippen LogP contribution in [0, 0.1) is 0 Å². The summed E-state index contributed by atoms with van der Waals surface area (Å²) in [5, 5.41) is 4.77. The third-order valence-corrected chi connectivity index (χ3v) is 4.61. The van der Waals surface area contributed by atoms with Gasteiger partial charge in [-0.05, 0) is 61.7 Å². The highest BCUT2D eigenvalue weighted by Gasteiger charge is 2.41. The van der Waals surface area contributed by atoms with Crippen molar-refractivity contribution in [2.24, 2.45) is 0 Å². The number of rotatable bonds is 5. The molecule has 2 N–H and O–H groups in total. The van der Waals surface area contributed by atoms with Gasteiger partial charge in [-0.15, -0.1) is 0 Å². The minimum Gasteiger partial charge on any atom is -0.423 e. The highest BCUT2D eigenvalue weighted by Crippen LogP contribution is 2.29. The largest absolute Gasteiger partial charge is 0.423 e. The maximum absolute atomic E-state index is 12.6. The Labute approximate surface area is 164 Å². The number of halogens is 3. The van der Waals surface area contributed by atoms with Gasteiger partial charge in [0.2, 0.25) is 0 Å². The number of alkyl halides is 3. The van der Waals surface area contributed by atoms with Crippen molar-refractivity contribution in [3.63, 3.8) is 0 Å². The Balaban J connectivity index is 1.58. The number of nitrogens with one attached hydrogen (secondary N) is 2. The van der Waals surface area contributed by atoms with E-state index in [9.17, 15) is 27.6 Å². The third kappa shape index (κ3) is 4.74. The highest BCUT2D eigenvalue weighted by atomic mass is 19.4. The SMILES string of the molecule is C[C@]1(CCc2ccc(OC(=O)c3ccc(C(F)(F)F)cc3)cc2)NC(=O)NC1=O. The fraction of sp³-hybridized carbons (Fsp3) is 0.250. The van der Waals surface area contributed by atoms with E-state index in [2.05, 4.69) is 10.6 Å². The summed E-state index contributed by atoms with van der Waals surface area (Å²) in [5.74, 6) is -0.925. The van der Waals surface area contributed by atoms with E-state index in [0.29, 0.717) is 12.8 Å². The minimum atomic E-state index is -4.47.